The monoisotopic (exact) mass is 770 g/mol. The third-order valence-electron chi connectivity index (χ3n) is 12.6. The van der Waals surface area contributed by atoms with Crippen molar-refractivity contribution in [3.05, 3.63) is 229 Å². The van der Waals surface area contributed by atoms with Gasteiger partial charge in [0.25, 0.3) is 0 Å². The van der Waals surface area contributed by atoms with Gasteiger partial charge in [-0.3, -0.25) is 4.98 Å². The Morgan fingerprint density at radius 1 is 0.433 bits per heavy atom. The Morgan fingerprint density at radius 2 is 1.00 bits per heavy atom. The Labute approximate surface area is 353 Å². The van der Waals surface area contributed by atoms with Crippen molar-refractivity contribution in [2.24, 2.45) is 0 Å². The molecular weight excluding hydrogens is 725 g/mol. The van der Waals surface area contributed by atoms with Crippen molar-refractivity contribution in [3.63, 3.8) is 0 Å². The van der Waals surface area contributed by atoms with Gasteiger partial charge in [-0.2, -0.15) is 0 Å². The molecule has 0 bridgehead atoms. The van der Waals surface area contributed by atoms with Crippen molar-refractivity contribution in [2.75, 3.05) is 4.90 Å². The van der Waals surface area contributed by atoms with Gasteiger partial charge in [0.05, 0.1) is 5.69 Å². The van der Waals surface area contributed by atoms with E-state index in [1.807, 2.05) is 6.20 Å². The molecule has 0 atom stereocenters. The molecule has 1 aromatic heterocycles. The third-order valence-corrected chi connectivity index (χ3v) is 12.6. The molecule has 0 saturated heterocycles. The van der Waals surface area contributed by atoms with Gasteiger partial charge in [0.1, 0.15) is 0 Å². The van der Waals surface area contributed by atoms with Crippen molar-refractivity contribution in [2.45, 2.75) is 32.1 Å². The largest absolute Gasteiger partial charge is 0.310 e. The number of aromatic nitrogens is 1. The number of rotatable bonds is 10. The second-order valence-electron chi connectivity index (χ2n) is 15.8. The highest BCUT2D eigenvalue weighted by Gasteiger charge is 2.41. The minimum atomic E-state index is -0.0715. The molecule has 1 heterocycles. The van der Waals surface area contributed by atoms with Gasteiger partial charge >= 0.3 is 0 Å². The molecule has 0 saturated carbocycles. The van der Waals surface area contributed by atoms with Gasteiger partial charge in [-0.1, -0.05) is 178 Å². The van der Waals surface area contributed by atoms with Gasteiger partial charge in [0.2, 0.25) is 0 Å². The highest BCUT2D eigenvalue weighted by atomic mass is 15.1. The number of nitrogens with zero attached hydrogens (tertiary/aromatic N) is 2. The minimum Gasteiger partial charge on any atom is -0.310 e. The average Bonchev–Trinajstić information content (AvgIpc) is 3.60. The van der Waals surface area contributed by atoms with Gasteiger partial charge in [-0.15, -0.1) is 0 Å². The van der Waals surface area contributed by atoms with Gasteiger partial charge in [-0.25, -0.2) is 0 Å². The fraction of sp³-hybridized carbons (Fsp3) is 0.0862. The summed E-state index contributed by atoms with van der Waals surface area (Å²) >= 11 is 0. The normalized spacial score (nSPS) is 12.7. The van der Waals surface area contributed by atoms with Crippen LogP contribution in [0.15, 0.2) is 206 Å². The first-order valence-corrected chi connectivity index (χ1v) is 21.2. The third kappa shape index (κ3) is 6.61. The van der Waals surface area contributed by atoms with Crippen molar-refractivity contribution < 1.29 is 0 Å². The SMILES string of the molecule is CCC1(CC)c2cc(/C=C/c3ccc(-c4ccc(-c5ccccc5)cc4-c4nccc5ccccc45)cc3)ccc2-c2ccc(N(c3ccccc3)c3ccccc3)cc21. The lowest BCUT2D eigenvalue weighted by molar-refractivity contribution is 0.490. The fourth-order valence-corrected chi connectivity index (χ4v) is 9.46. The number of hydrogen-bond donors (Lipinski definition) is 0. The number of para-hydroxylation sites is 2. The Morgan fingerprint density at radius 3 is 1.70 bits per heavy atom. The van der Waals surface area contributed by atoms with E-state index in [0.29, 0.717) is 0 Å². The van der Waals surface area contributed by atoms with E-state index in [4.69, 9.17) is 4.98 Å². The molecule has 9 aromatic rings. The first kappa shape index (κ1) is 37.0. The highest BCUT2D eigenvalue weighted by Crippen LogP contribution is 2.54. The second-order valence-corrected chi connectivity index (χ2v) is 15.8. The number of pyridine rings is 1. The Balaban J connectivity index is 0.970. The molecular formula is C58H46N2. The van der Waals surface area contributed by atoms with Crippen LogP contribution >= 0.6 is 0 Å². The van der Waals surface area contributed by atoms with E-state index in [1.165, 1.54) is 61.1 Å². The van der Waals surface area contributed by atoms with Gasteiger partial charge in [-0.05, 0) is 122 Å². The number of fused-ring (bicyclic) bond motifs is 4. The molecule has 8 aromatic carbocycles. The van der Waals surface area contributed by atoms with Crippen LogP contribution in [0.4, 0.5) is 17.1 Å². The van der Waals surface area contributed by atoms with Gasteiger partial charge in [0, 0.05) is 39.6 Å². The van der Waals surface area contributed by atoms with E-state index < -0.39 is 0 Å². The van der Waals surface area contributed by atoms with Crippen LogP contribution in [0.2, 0.25) is 0 Å². The Bertz CT molecular complexity index is 2940. The summed E-state index contributed by atoms with van der Waals surface area (Å²) in [5.41, 5.74) is 18.2. The predicted molar refractivity (Wildman–Crippen MR) is 255 cm³/mol. The number of anilines is 3. The molecule has 10 rings (SSSR count). The first-order valence-electron chi connectivity index (χ1n) is 21.2. The molecule has 1 aliphatic carbocycles. The summed E-state index contributed by atoms with van der Waals surface area (Å²) in [7, 11) is 0. The molecule has 0 unspecified atom stereocenters. The van der Waals surface area contributed by atoms with Crippen molar-refractivity contribution in [1.82, 2.24) is 4.98 Å². The van der Waals surface area contributed by atoms with E-state index in [0.717, 1.165) is 46.4 Å². The lowest BCUT2D eigenvalue weighted by atomic mass is 9.73. The molecule has 2 heteroatoms. The molecule has 1 aliphatic rings. The summed E-state index contributed by atoms with van der Waals surface area (Å²) in [5.74, 6) is 0. The average molecular weight is 771 g/mol. The zero-order chi connectivity index (χ0) is 40.5. The van der Waals surface area contributed by atoms with Crippen LogP contribution in [0.1, 0.15) is 48.9 Å². The van der Waals surface area contributed by atoms with Crippen LogP contribution in [0.5, 0.6) is 0 Å². The lowest BCUT2D eigenvalue weighted by Crippen LogP contribution is -2.23. The maximum absolute atomic E-state index is 4.96. The Hall–Kier alpha value is -7.29. The fourth-order valence-electron chi connectivity index (χ4n) is 9.46. The van der Waals surface area contributed by atoms with E-state index in [2.05, 4.69) is 231 Å². The second kappa shape index (κ2) is 15.8. The topological polar surface area (TPSA) is 16.1 Å². The van der Waals surface area contributed by atoms with Gasteiger partial charge < -0.3 is 4.90 Å². The minimum absolute atomic E-state index is 0.0715. The summed E-state index contributed by atoms with van der Waals surface area (Å²) in [6.07, 6.45) is 8.50. The number of benzene rings is 8. The molecule has 0 fully saturated rings. The highest BCUT2D eigenvalue weighted by molar-refractivity contribution is 5.99. The summed E-state index contributed by atoms with van der Waals surface area (Å²) in [6.45, 7) is 4.70. The van der Waals surface area contributed by atoms with E-state index >= 15 is 0 Å². The lowest BCUT2D eigenvalue weighted by Gasteiger charge is -2.32. The summed E-state index contributed by atoms with van der Waals surface area (Å²) < 4.78 is 0. The maximum Gasteiger partial charge on any atom is 0.0786 e. The van der Waals surface area contributed by atoms with E-state index in [9.17, 15) is 0 Å². The standard InChI is InChI=1S/C58H46N2/c1-3-58(4-2)55-38-42(28-33-52(55)53-35-32-49(40-56(53)58)60(47-19-10-6-11-20-47)48-21-12-7-13-22-48)25-24-41-26-29-45(30-27-41)50-34-31-46(43-16-8-5-9-17-43)39-54(50)57-51-23-15-14-18-44(51)36-37-59-57/h5-40H,3-4H2,1-2H3/b25-24+. The smallest absolute Gasteiger partial charge is 0.0786 e. The summed E-state index contributed by atoms with van der Waals surface area (Å²) in [4.78, 5) is 7.34. The van der Waals surface area contributed by atoms with Crippen LogP contribution in [0.25, 0.3) is 67.6 Å². The first-order chi connectivity index (χ1) is 29.6. The van der Waals surface area contributed by atoms with E-state index in [1.54, 1.807) is 0 Å². The van der Waals surface area contributed by atoms with Crippen molar-refractivity contribution in [1.29, 1.82) is 0 Å². The summed E-state index contributed by atoms with van der Waals surface area (Å²) in [5, 5.41) is 2.34. The molecule has 60 heavy (non-hydrogen) atoms. The zero-order valence-electron chi connectivity index (χ0n) is 34.1. The van der Waals surface area contributed by atoms with Crippen LogP contribution in [-0.2, 0) is 5.41 Å². The van der Waals surface area contributed by atoms with Crippen LogP contribution < -0.4 is 4.90 Å². The number of hydrogen-bond acceptors (Lipinski definition) is 2. The van der Waals surface area contributed by atoms with Crippen molar-refractivity contribution in [3.8, 4) is 44.6 Å². The molecule has 0 N–H and O–H groups in total. The summed E-state index contributed by atoms with van der Waals surface area (Å²) in [6, 6.07) is 72.5. The molecule has 2 nitrogen and oxygen atoms in total. The quantitative estimate of drug-likeness (QED) is 0.129. The van der Waals surface area contributed by atoms with Crippen LogP contribution in [0, 0.1) is 0 Å². The molecule has 0 spiro atoms. The molecule has 0 amide bonds. The van der Waals surface area contributed by atoms with Gasteiger partial charge in [0.15, 0.2) is 0 Å². The van der Waals surface area contributed by atoms with E-state index in [-0.39, 0.29) is 5.41 Å². The molecule has 0 radical (unpaired) electrons. The van der Waals surface area contributed by atoms with Crippen molar-refractivity contribution >= 4 is 40.0 Å². The predicted octanol–water partition coefficient (Wildman–Crippen LogP) is 16.0. The Kier molecular flexibility index (Phi) is 9.75. The zero-order valence-corrected chi connectivity index (χ0v) is 34.1. The molecule has 0 aliphatic heterocycles. The maximum atomic E-state index is 4.96. The van der Waals surface area contributed by atoms with Crippen LogP contribution in [0.3, 0.4) is 0 Å². The molecule has 288 valence electrons. The van der Waals surface area contributed by atoms with Crippen LogP contribution in [-0.4, -0.2) is 4.98 Å².